The van der Waals surface area contributed by atoms with Crippen molar-refractivity contribution in [1.82, 2.24) is 9.97 Å². The number of hydrogen-bond donors (Lipinski definition) is 1. The molecule has 1 aliphatic heterocycles. The summed E-state index contributed by atoms with van der Waals surface area (Å²) in [6.45, 7) is 0.604. The minimum Gasteiger partial charge on any atom is -0.481 e. The van der Waals surface area contributed by atoms with Gasteiger partial charge in [-0.1, -0.05) is 0 Å². The summed E-state index contributed by atoms with van der Waals surface area (Å²) in [5, 5.41) is 9.18. The van der Waals surface area contributed by atoms with E-state index >= 15 is 0 Å². The maximum absolute atomic E-state index is 12.6. The highest BCUT2D eigenvalue weighted by Crippen LogP contribution is 2.33. The molecule has 32 heavy (non-hydrogen) atoms. The molecule has 0 unspecified atom stereocenters. The lowest BCUT2D eigenvalue weighted by molar-refractivity contribution is -0.274. The van der Waals surface area contributed by atoms with Crippen molar-refractivity contribution in [2.24, 2.45) is 5.92 Å². The zero-order valence-electron chi connectivity index (χ0n) is 16.6. The van der Waals surface area contributed by atoms with Crippen LogP contribution in [0, 0.1) is 5.92 Å². The number of aromatic nitrogens is 2. The molecule has 0 atom stereocenters. The number of aliphatic carboxylic acids is 1. The van der Waals surface area contributed by atoms with Crippen LogP contribution in [-0.2, 0) is 11.2 Å². The van der Waals surface area contributed by atoms with Crippen LogP contribution in [0.4, 0.5) is 32.2 Å². The number of carboxylic acids is 1. The second-order valence-corrected chi connectivity index (χ2v) is 7.32. The molecular formula is C20H19F6N3O3. The molecule has 1 aromatic heterocycles. The molecule has 1 saturated heterocycles. The third kappa shape index (κ3) is 6.47. The lowest BCUT2D eigenvalue weighted by Gasteiger charge is -2.32. The second-order valence-electron chi connectivity index (χ2n) is 7.32. The number of carboxylic acid groups (broad SMARTS) is 1. The zero-order chi connectivity index (χ0) is 23.5. The van der Waals surface area contributed by atoms with Gasteiger partial charge in [0, 0.05) is 31.3 Å². The van der Waals surface area contributed by atoms with Crippen molar-refractivity contribution in [1.29, 1.82) is 0 Å². The van der Waals surface area contributed by atoms with E-state index in [1.54, 1.807) is 4.90 Å². The van der Waals surface area contributed by atoms with E-state index in [4.69, 9.17) is 0 Å². The number of anilines is 1. The van der Waals surface area contributed by atoms with Gasteiger partial charge in [-0.3, -0.25) is 9.78 Å². The molecule has 1 fully saturated rings. The summed E-state index contributed by atoms with van der Waals surface area (Å²) in [6, 6.07) is 4.88. The number of alkyl halides is 6. The second kappa shape index (κ2) is 9.21. The molecule has 0 radical (unpaired) electrons. The SMILES string of the molecule is O=C(O)C1CCN(c2nc(CCC(F)(F)F)cnc2-c2ccc(OC(F)(F)F)cc2)CC1. The van der Waals surface area contributed by atoms with Crippen LogP contribution in [0.3, 0.4) is 0 Å². The van der Waals surface area contributed by atoms with Crippen LogP contribution in [0.25, 0.3) is 11.3 Å². The summed E-state index contributed by atoms with van der Waals surface area (Å²) in [6.07, 6.45) is -8.83. The molecule has 0 saturated carbocycles. The lowest BCUT2D eigenvalue weighted by atomic mass is 9.97. The molecule has 2 aromatic rings. The van der Waals surface area contributed by atoms with E-state index in [0.717, 1.165) is 12.1 Å². The highest BCUT2D eigenvalue weighted by Gasteiger charge is 2.32. The van der Waals surface area contributed by atoms with Crippen molar-refractivity contribution in [3.63, 3.8) is 0 Å². The Balaban J connectivity index is 1.90. The van der Waals surface area contributed by atoms with E-state index in [9.17, 15) is 36.2 Å². The Hall–Kier alpha value is -3.05. The fraction of sp³-hybridized carbons (Fsp3) is 0.450. The van der Waals surface area contributed by atoms with Crippen molar-refractivity contribution in [2.75, 3.05) is 18.0 Å². The first-order chi connectivity index (χ1) is 14.9. The molecule has 0 amide bonds. The molecule has 0 aliphatic carbocycles. The monoisotopic (exact) mass is 463 g/mol. The molecule has 0 spiro atoms. The Kier molecular flexibility index (Phi) is 6.79. The van der Waals surface area contributed by atoms with Crippen molar-refractivity contribution in [3.8, 4) is 17.0 Å². The van der Waals surface area contributed by atoms with Crippen molar-refractivity contribution >= 4 is 11.8 Å². The van der Waals surface area contributed by atoms with Crippen LogP contribution in [-0.4, -0.2) is 46.7 Å². The molecule has 12 heteroatoms. The summed E-state index contributed by atoms with van der Waals surface area (Å²) in [4.78, 5) is 21.5. The van der Waals surface area contributed by atoms with E-state index in [2.05, 4.69) is 14.7 Å². The number of hydrogen-bond acceptors (Lipinski definition) is 5. The van der Waals surface area contributed by atoms with Gasteiger partial charge < -0.3 is 14.7 Å². The summed E-state index contributed by atoms with van der Waals surface area (Å²) >= 11 is 0. The molecule has 6 nitrogen and oxygen atoms in total. The third-order valence-electron chi connectivity index (χ3n) is 4.97. The van der Waals surface area contributed by atoms with E-state index in [0.29, 0.717) is 31.5 Å². The summed E-state index contributed by atoms with van der Waals surface area (Å²) < 4.78 is 78.8. The van der Waals surface area contributed by atoms with Gasteiger partial charge in [0.2, 0.25) is 0 Å². The summed E-state index contributed by atoms with van der Waals surface area (Å²) in [5.41, 5.74) is 0.774. The predicted octanol–water partition coefficient (Wildman–Crippen LogP) is 4.84. The largest absolute Gasteiger partial charge is 0.573 e. The molecule has 174 valence electrons. The summed E-state index contributed by atoms with van der Waals surface area (Å²) in [7, 11) is 0. The van der Waals surface area contributed by atoms with Gasteiger partial charge in [-0.05, 0) is 43.5 Å². The van der Waals surface area contributed by atoms with Gasteiger partial charge in [0.15, 0.2) is 5.82 Å². The van der Waals surface area contributed by atoms with Gasteiger partial charge in [0.25, 0.3) is 0 Å². The van der Waals surface area contributed by atoms with Crippen LogP contribution < -0.4 is 9.64 Å². The predicted molar refractivity (Wildman–Crippen MR) is 101 cm³/mol. The van der Waals surface area contributed by atoms with E-state index in [1.165, 1.54) is 18.3 Å². The molecular weight excluding hydrogens is 444 g/mol. The summed E-state index contributed by atoms with van der Waals surface area (Å²) in [5.74, 6) is -1.62. The Labute approximate surface area is 178 Å². The van der Waals surface area contributed by atoms with E-state index in [1.807, 2.05) is 0 Å². The number of benzene rings is 1. The Morgan fingerprint density at radius 3 is 2.25 bits per heavy atom. The number of nitrogens with zero attached hydrogens (tertiary/aromatic N) is 3. The van der Waals surface area contributed by atoms with Crippen molar-refractivity contribution < 1.29 is 41.0 Å². The van der Waals surface area contributed by atoms with Crippen LogP contribution >= 0.6 is 0 Å². The third-order valence-corrected chi connectivity index (χ3v) is 4.97. The fourth-order valence-corrected chi connectivity index (χ4v) is 3.38. The first kappa shape index (κ1) is 23.6. The molecule has 1 N–H and O–H groups in total. The number of aryl methyl sites for hydroxylation is 1. The standard InChI is InChI=1S/C20H19F6N3O3/c21-19(22,23)8-5-14-11-27-16(12-1-3-15(4-2-12)32-20(24,25)26)17(28-14)29-9-6-13(7-10-29)18(30)31/h1-4,11,13H,5-10H2,(H,30,31). The minimum atomic E-state index is -4.85. The maximum Gasteiger partial charge on any atom is 0.573 e. The highest BCUT2D eigenvalue weighted by molar-refractivity contribution is 5.74. The maximum atomic E-state index is 12.6. The van der Waals surface area contributed by atoms with Crippen LogP contribution in [0.5, 0.6) is 5.75 Å². The number of halogens is 6. The Morgan fingerprint density at radius 2 is 1.72 bits per heavy atom. The van der Waals surface area contributed by atoms with Gasteiger partial charge in [-0.15, -0.1) is 13.2 Å². The van der Waals surface area contributed by atoms with Crippen LogP contribution in [0.2, 0.25) is 0 Å². The molecule has 3 rings (SSSR count). The fourth-order valence-electron chi connectivity index (χ4n) is 3.38. The Morgan fingerprint density at radius 1 is 1.09 bits per heavy atom. The molecule has 1 aromatic carbocycles. The highest BCUT2D eigenvalue weighted by atomic mass is 19.4. The first-order valence-corrected chi connectivity index (χ1v) is 9.68. The van der Waals surface area contributed by atoms with Gasteiger partial charge in [0.1, 0.15) is 11.4 Å². The van der Waals surface area contributed by atoms with Gasteiger partial charge in [0.05, 0.1) is 11.6 Å². The van der Waals surface area contributed by atoms with Crippen molar-refractivity contribution in [2.45, 2.75) is 38.2 Å². The number of carbonyl (C=O) groups is 1. The lowest BCUT2D eigenvalue weighted by Crippen LogP contribution is -2.37. The van der Waals surface area contributed by atoms with Gasteiger partial charge >= 0.3 is 18.5 Å². The number of piperidine rings is 1. The van der Waals surface area contributed by atoms with Crippen molar-refractivity contribution in [3.05, 3.63) is 36.2 Å². The first-order valence-electron chi connectivity index (χ1n) is 9.68. The van der Waals surface area contributed by atoms with Gasteiger partial charge in [-0.25, -0.2) is 4.98 Å². The van der Waals surface area contributed by atoms with E-state index < -0.39 is 36.6 Å². The minimum absolute atomic E-state index is 0.110. The smallest absolute Gasteiger partial charge is 0.481 e. The average Bonchev–Trinajstić information content (AvgIpc) is 2.71. The zero-order valence-corrected chi connectivity index (χ0v) is 16.6. The average molecular weight is 463 g/mol. The number of ether oxygens (including phenoxy) is 1. The quantitative estimate of drug-likeness (QED) is 0.618. The van der Waals surface area contributed by atoms with Crippen LogP contribution in [0.15, 0.2) is 30.5 Å². The van der Waals surface area contributed by atoms with E-state index in [-0.39, 0.29) is 23.6 Å². The molecule has 1 aliphatic rings. The normalized spacial score (nSPS) is 15.6. The molecule has 0 bridgehead atoms. The van der Waals surface area contributed by atoms with Crippen LogP contribution in [0.1, 0.15) is 25.0 Å². The van der Waals surface area contributed by atoms with Gasteiger partial charge in [-0.2, -0.15) is 13.2 Å². The molecule has 2 heterocycles. The Bertz CT molecular complexity index is 939. The number of rotatable bonds is 6. The topological polar surface area (TPSA) is 75.5 Å².